The van der Waals surface area contributed by atoms with E-state index in [4.69, 9.17) is 18.3 Å². The Hall–Kier alpha value is 0.230. The van der Waals surface area contributed by atoms with Crippen LogP contribution in [0, 0.1) is 0 Å². The molecule has 0 aromatic heterocycles. The van der Waals surface area contributed by atoms with Gasteiger partial charge >= 0.3 is 14.0 Å². The van der Waals surface area contributed by atoms with Gasteiger partial charge in [0, 0.05) is 0 Å². The maximum absolute atomic E-state index is 4.87. The van der Waals surface area contributed by atoms with Crippen LogP contribution in [0.3, 0.4) is 0 Å². The lowest BCUT2D eigenvalue weighted by Gasteiger charge is -2.15. The second-order valence-corrected chi connectivity index (χ2v) is 1.68. The van der Waals surface area contributed by atoms with Gasteiger partial charge in [-0.05, 0) is 0 Å². The van der Waals surface area contributed by atoms with Crippen molar-refractivity contribution < 1.29 is 18.3 Å². The van der Waals surface area contributed by atoms with Crippen LogP contribution in [-0.2, 0) is 18.3 Å². The third-order valence-electron chi connectivity index (χ3n) is 1.15. The summed E-state index contributed by atoms with van der Waals surface area (Å²) < 4.78 is 19.5. The molecule has 50 valence electrons. The Balaban J connectivity index is 3.70. The Bertz CT molecular complexity index is 58.1. The van der Waals surface area contributed by atoms with Gasteiger partial charge < -0.3 is 18.3 Å². The molecule has 0 aliphatic carbocycles. The fourth-order valence-electron chi connectivity index (χ4n) is 0.637. The van der Waals surface area contributed by atoms with E-state index < -0.39 is 14.0 Å². The molecular formula is H8B6O4. The second kappa shape index (κ2) is 5.97. The molecule has 0 aliphatic heterocycles. The molecule has 0 rings (SSSR count). The van der Waals surface area contributed by atoms with Gasteiger partial charge in [0.25, 0.3) is 0 Å². The summed E-state index contributed by atoms with van der Waals surface area (Å²) in [5, 5.41) is 0. The van der Waals surface area contributed by atoms with E-state index in [1.165, 1.54) is 32.2 Å². The minimum absolute atomic E-state index is 0.463. The van der Waals surface area contributed by atoms with Gasteiger partial charge in [-0.1, -0.05) is 0 Å². The van der Waals surface area contributed by atoms with E-state index in [9.17, 15) is 0 Å². The average Bonchev–Trinajstić information content (AvgIpc) is 2.00. The monoisotopic (exact) mass is 138 g/mol. The van der Waals surface area contributed by atoms with Crippen LogP contribution < -0.4 is 0 Å². The van der Waals surface area contributed by atoms with Crippen LogP contribution in [0.2, 0.25) is 0 Å². The Labute approximate surface area is 65.3 Å². The third-order valence-corrected chi connectivity index (χ3v) is 1.15. The number of hydrogen-bond acceptors (Lipinski definition) is 4. The second-order valence-electron chi connectivity index (χ2n) is 1.68. The molecule has 4 nitrogen and oxygen atoms in total. The molecule has 0 aromatic carbocycles. The lowest BCUT2D eigenvalue weighted by Crippen LogP contribution is -2.44. The predicted octanol–water partition coefficient (Wildman–Crippen LogP) is -4.70. The highest BCUT2D eigenvalue weighted by molar-refractivity contribution is 7.13. The van der Waals surface area contributed by atoms with Crippen molar-refractivity contribution in [2.45, 2.75) is 0 Å². The highest BCUT2D eigenvalue weighted by Gasteiger charge is 2.32. The minimum Gasteiger partial charge on any atom is -0.484 e. The van der Waals surface area contributed by atoms with Crippen molar-refractivity contribution in [3.63, 3.8) is 0 Å². The standard InChI is InChI=1S/B6H8O4/c1-7-5(8-2)6(9-3)10-4/h1-4H2. The van der Waals surface area contributed by atoms with Gasteiger partial charge in [0.15, 0.2) is 0 Å². The van der Waals surface area contributed by atoms with Crippen molar-refractivity contribution in [1.82, 2.24) is 0 Å². The molecule has 0 radical (unpaired) electrons. The Morgan fingerprint density at radius 1 is 0.600 bits per heavy atom. The molecular weight excluding hydrogens is 129 g/mol. The van der Waals surface area contributed by atoms with Crippen molar-refractivity contribution in [1.29, 1.82) is 0 Å². The molecule has 0 bridgehead atoms. The van der Waals surface area contributed by atoms with E-state index in [-0.39, 0.29) is 0 Å². The fourth-order valence-corrected chi connectivity index (χ4v) is 0.637. The first-order valence-corrected chi connectivity index (χ1v) is 2.91. The maximum atomic E-state index is 4.87. The third kappa shape index (κ3) is 2.88. The number of hydrogen-bond donors (Lipinski definition) is 0. The van der Waals surface area contributed by atoms with Crippen LogP contribution in [0.4, 0.5) is 0 Å². The highest BCUT2D eigenvalue weighted by atomic mass is 16.6. The molecule has 0 N–H and O–H groups in total. The predicted molar refractivity (Wildman–Crippen MR) is 50.0 cm³/mol. The van der Waals surface area contributed by atoms with E-state index in [0.29, 0.717) is 0 Å². The lowest BCUT2D eigenvalue weighted by molar-refractivity contribution is 0.434. The van der Waals surface area contributed by atoms with Crippen molar-refractivity contribution in [2.24, 2.45) is 0 Å². The minimum atomic E-state index is -0.463. The molecule has 0 spiro atoms. The molecule has 0 atom stereocenters. The normalized spacial score (nSPS) is 9.20. The zero-order chi connectivity index (χ0) is 7.98. The van der Waals surface area contributed by atoms with Gasteiger partial charge in [0.2, 0.25) is 32.2 Å². The first kappa shape index (κ1) is 10.2. The van der Waals surface area contributed by atoms with Gasteiger partial charge in [0.1, 0.15) is 0 Å². The van der Waals surface area contributed by atoms with E-state index in [2.05, 4.69) is 0 Å². The fraction of sp³-hybridized carbons (Fsp3) is 0. The van der Waals surface area contributed by atoms with Crippen LogP contribution in [-0.4, -0.2) is 46.2 Å². The average molecular weight is 137 g/mol. The first-order valence-electron chi connectivity index (χ1n) is 2.91. The van der Waals surface area contributed by atoms with E-state index in [1.807, 2.05) is 0 Å². The number of rotatable bonds is 5. The molecule has 10 heavy (non-hydrogen) atoms. The van der Waals surface area contributed by atoms with Gasteiger partial charge in [0.05, 0.1) is 0 Å². The highest BCUT2D eigenvalue weighted by Crippen LogP contribution is 1.92. The topological polar surface area (TPSA) is 36.9 Å². The summed E-state index contributed by atoms with van der Waals surface area (Å²) in [6.45, 7) is 0. The molecule has 0 saturated carbocycles. The molecule has 0 amide bonds. The van der Waals surface area contributed by atoms with Crippen molar-refractivity contribution in [3.8, 4) is 0 Å². The van der Waals surface area contributed by atoms with Crippen LogP contribution in [0.15, 0.2) is 0 Å². The van der Waals surface area contributed by atoms with Crippen molar-refractivity contribution in [3.05, 3.63) is 0 Å². The van der Waals surface area contributed by atoms with Crippen molar-refractivity contribution >= 4 is 46.2 Å². The summed E-state index contributed by atoms with van der Waals surface area (Å²) >= 11 is 0. The van der Waals surface area contributed by atoms with E-state index in [0.717, 1.165) is 0 Å². The van der Waals surface area contributed by atoms with Gasteiger partial charge in [-0.2, -0.15) is 0 Å². The van der Waals surface area contributed by atoms with Crippen LogP contribution in [0.25, 0.3) is 0 Å². The van der Waals surface area contributed by atoms with Crippen LogP contribution in [0.5, 0.6) is 0 Å². The smallest absolute Gasteiger partial charge is 0.454 e. The Kier molecular flexibility index (Phi) is 6.11. The lowest BCUT2D eigenvalue weighted by atomic mass is 9.47. The molecule has 0 heterocycles. The molecule has 0 aliphatic rings. The zero-order valence-electron chi connectivity index (χ0n) is 6.79. The summed E-state index contributed by atoms with van der Waals surface area (Å²) in [5.74, 6) is 0. The first-order chi connectivity index (χ1) is 4.79. The van der Waals surface area contributed by atoms with Crippen LogP contribution >= 0.6 is 0 Å². The van der Waals surface area contributed by atoms with Crippen LogP contribution in [0.1, 0.15) is 0 Å². The largest absolute Gasteiger partial charge is 0.484 e. The van der Waals surface area contributed by atoms with Crippen molar-refractivity contribution in [2.75, 3.05) is 0 Å². The molecule has 0 fully saturated rings. The van der Waals surface area contributed by atoms with Gasteiger partial charge in [-0.25, -0.2) is 0 Å². The molecule has 0 saturated heterocycles. The quantitative estimate of drug-likeness (QED) is 0.357. The van der Waals surface area contributed by atoms with E-state index in [1.54, 1.807) is 0 Å². The summed E-state index contributed by atoms with van der Waals surface area (Å²) in [4.78, 5) is 0. The summed E-state index contributed by atoms with van der Waals surface area (Å²) in [6.07, 6.45) is 0. The van der Waals surface area contributed by atoms with Gasteiger partial charge in [-0.3, -0.25) is 0 Å². The van der Waals surface area contributed by atoms with E-state index >= 15 is 0 Å². The SMILES string of the molecule is BOB(OB)B(OB)OB. The Morgan fingerprint density at radius 2 is 0.800 bits per heavy atom. The zero-order valence-corrected chi connectivity index (χ0v) is 6.79. The molecule has 0 unspecified atom stereocenters. The summed E-state index contributed by atoms with van der Waals surface area (Å²) in [6, 6.07) is 0. The van der Waals surface area contributed by atoms with Gasteiger partial charge in [-0.15, -0.1) is 0 Å². The maximum Gasteiger partial charge on any atom is 0.454 e. The summed E-state index contributed by atoms with van der Waals surface area (Å²) in [5.41, 5.74) is 0. The summed E-state index contributed by atoms with van der Waals surface area (Å²) in [7, 11) is 5.18. The Morgan fingerprint density at radius 3 is 0.900 bits per heavy atom. The molecule has 10 heteroatoms. The molecule has 0 aromatic rings.